The molecular formula is C32H32N2O5S. The van der Waals surface area contributed by atoms with Gasteiger partial charge in [0.25, 0.3) is 0 Å². The first-order chi connectivity index (χ1) is 19.4. The largest absolute Gasteiger partial charge is 0.498 e. The number of amides is 2. The van der Waals surface area contributed by atoms with Gasteiger partial charge < -0.3 is 14.4 Å². The van der Waals surface area contributed by atoms with E-state index in [0.29, 0.717) is 18.0 Å². The maximum absolute atomic E-state index is 14.1. The summed E-state index contributed by atoms with van der Waals surface area (Å²) in [4.78, 5) is 43.5. The quantitative estimate of drug-likeness (QED) is 0.205. The second-order valence-corrected chi connectivity index (χ2v) is 11.0. The predicted molar refractivity (Wildman–Crippen MR) is 155 cm³/mol. The van der Waals surface area contributed by atoms with Crippen LogP contribution in [0.5, 0.6) is 0 Å². The van der Waals surface area contributed by atoms with E-state index in [4.69, 9.17) is 9.47 Å². The molecule has 0 bridgehead atoms. The van der Waals surface area contributed by atoms with Crippen LogP contribution < -0.4 is 4.90 Å². The minimum atomic E-state index is -1.27. The van der Waals surface area contributed by atoms with Crippen molar-refractivity contribution in [2.75, 3.05) is 23.8 Å². The Morgan fingerprint density at radius 1 is 1.00 bits per heavy atom. The number of nitrogens with zero attached hydrogens (tertiary/aromatic N) is 2. The minimum Gasteiger partial charge on any atom is -0.498 e. The van der Waals surface area contributed by atoms with Crippen LogP contribution in [0, 0.1) is 5.41 Å². The van der Waals surface area contributed by atoms with Crippen LogP contribution >= 0.6 is 11.8 Å². The summed E-state index contributed by atoms with van der Waals surface area (Å²) >= 11 is 1.44. The molecule has 2 saturated heterocycles. The first kappa shape index (κ1) is 27.5. The maximum Gasteiger partial charge on any atom is 0.323 e. The van der Waals surface area contributed by atoms with Gasteiger partial charge in [-0.25, -0.2) is 0 Å². The molecule has 0 aliphatic carbocycles. The molecule has 8 heteroatoms. The average Bonchev–Trinajstić information content (AvgIpc) is 2.99. The van der Waals surface area contributed by atoms with Crippen LogP contribution in [0.25, 0.3) is 0 Å². The number of carbonyl (C=O) groups excluding carboxylic acids is 3. The summed E-state index contributed by atoms with van der Waals surface area (Å²) in [6.45, 7) is 7.79. The molecule has 0 N–H and O–H groups in total. The van der Waals surface area contributed by atoms with Gasteiger partial charge in [-0.3, -0.25) is 19.3 Å². The summed E-state index contributed by atoms with van der Waals surface area (Å²) < 4.78 is 12.1. The van der Waals surface area contributed by atoms with Crippen molar-refractivity contribution in [2.24, 2.45) is 5.41 Å². The summed E-state index contributed by atoms with van der Waals surface area (Å²) in [5, 5.41) is -0.300. The first-order valence-corrected chi connectivity index (χ1v) is 14.3. The highest BCUT2D eigenvalue weighted by Crippen LogP contribution is 2.48. The van der Waals surface area contributed by atoms with Crippen molar-refractivity contribution in [1.29, 1.82) is 0 Å². The lowest BCUT2D eigenvalue weighted by atomic mass is 9.84. The fourth-order valence-electron chi connectivity index (χ4n) is 5.31. The van der Waals surface area contributed by atoms with Crippen LogP contribution in [-0.2, 0) is 23.9 Å². The number of esters is 1. The molecule has 2 heterocycles. The van der Waals surface area contributed by atoms with Gasteiger partial charge in [-0.15, -0.1) is 11.8 Å². The molecule has 0 saturated carbocycles. The maximum atomic E-state index is 14.1. The molecule has 0 radical (unpaired) electrons. The topological polar surface area (TPSA) is 76.1 Å². The molecule has 2 unspecified atom stereocenters. The van der Waals surface area contributed by atoms with E-state index in [2.05, 4.69) is 6.58 Å². The first-order valence-electron chi connectivity index (χ1n) is 13.3. The van der Waals surface area contributed by atoms with E-state index >= 15 is 0 Å². The number of thioether (sulfide) groups is 1. The number of anilines is 1. The van der Waals surface area contributed by atoms with Crippen molar-refractivity contribution in [3.8, 4) is 0 Å². The van der Waals surface area contributed by atoms with Gasteiger partial charge in [0, 0.05) is 24.9 Å². The standard InChI is InChI=1S/C32H32N2O5S/c1-4-38-22(2)32(31(37)39-28(24-14-8-5-9-15-24)25-16-10-6-11-17-25)20-33-29(36)27(30(33)40-21-32)34(23(3)35)26-18-12-7-13-19-26/h5-19,27-28,30H,2,4,20-21H2,1,3H3/t27?,30-,32?/m1/s1. The van der Waals surface area contributed by atoms with Gasteiger partial charge in [0.2, 0.25) is 11.8 Å². The highest BCUT2D eigenvalue weighted by Gasteiger charge is 2.61. The molecule has 7 nitrogen and oxygen atoms in total. The lowest BCUT2D eigenvalue weighted by Crippen LogP contribution is -2.74. The van der Waals surface area contributed by atoms with E-state index in [1.807, 2.05) is 97.9 Å². The van der Waals surface area contributed by atoms with E-state index in [9.17, 15) is 14.4 Å². The predicted octanol–water partition coefficient (Wildman–Crippen LogP) is 5.19. The molecule has 5 rings (SSSR count). The number of carbonyl (C=O) groups is 3. The van der Waals surface area contributed by atoms with Crippen LogP contribution in [0.4, 0.5) is 5.69 Å². The average molecular weight is 557 g/mol. The van der Waals surface area contributed by atoms with Crippen LogP contribution in [0.2, 0.25) is 0 Å². The number of hydrogen-bond donors (Lipinski definition) is 0. The molecule has 0 spiro atoms. The van der Waals surface area contributed by atoms with Crippen LogP contribution in [-0.4, -0.2) is 53.0 Å². The van der Waals surface area contributed by atoms with Gasteiger partial charge in [0.15, 0.2) is 11.5 Å². The number of β-lactam (4-membered cyclic amide) rings is 1. The Morgan fingerprint density at radius 2 is 1.55 bits per heavy atom. The number of benzene rings is 3. The zero-order chi connectivity index (χ0) is 28.3. The van der Waals surface area contributed by atoms with E-state index < -0.39 is 23.5 Å². The van der Waals surface area contributed by atoms with Crippen LogP contribution in [0.1, 0.15) is 31.1 Å². The fraction of sp³-hybridized carbons (Fsp3) is 0.281. The van der Waals surface area contributed by atoms with Gasteiger partial charge >= 0.3 is 5.97 Å². The highest BCUT2D eigenvalue weighted by atomic mass is 32.2. The molecule has 2 aliphatic rings. The van der Waals surface area contributed by atoms with Crippen LogP contribution in [0.15, 0.2) is 103 Å². The lowest BCUT2D eigenvalue weighted by molar-refractivity contribution is -0.164. The number of hydrogen-bond acceptors (Lipinski definition) is 6. The Hall–Kier alpha value is -4.04. The second kappa shape index (κ2) is 11.6. The Bertz CT molecular complexity index is 1340. The van der Waals surface area contributed by atoms with Crippen molar-refractivity contribution >= 4 is 35.2 Å². The third-order valence-electron chi connectivity index (χ3n) is 7.38. The summed E-state index contributed by atoms with van der Waals surface area (Å²) in [6.07, 6.45) is -0.643. The second-order valence-electron chi connectivity index (χ2n) is 9.88. The molecule has 40 heavy (non-hydrogen) atoms. The number of rotatable bonds is 9. The Labute approximate surface area is 238 Å². The fourth-order valence-corrected chi connectivity index (χ4v) is 6.91. The van der Waals surface area contributed by atoms with Gasteiger partial charge in [0.1, 0.15) is 17.2 Å². The summed E-state index contributed by atoms with van der Waals surface area (Å²) in [7, 11) is 0. The molecule has 0 aromatic heterocycles. The van der Waals surface area contributed by atoms with Crippen LogP contribution in [0.3, 0.4) is 0 Å². The van der Waals surface area contributed by atoms with Crippen molar-refractivity contribution < 1.29 is 23.9 Å². The van der Waals surface area contributed by atoms with E-state index in [1.54, 1.807) is 9.80 Å². The summed E-state index contributed by atoms with van der Waals surface area (Å²) in [6, 6.07) is 27.6. The van der Waals surface area contributed by atoms with Gasteiger partial charge in [0.05, 0.1) is 6.61 Å². The molecule has 206 valence electrons. The molecule has 3 aromatic rings. The summed E-state index contributed by atoms with van der Waals surface area (Å²) in [5.74, 6) is -0.369. The molecular weight excluding hydrogens is 524 g/mol. The Kier molecular flexibility index (Phi) is 7.98. The SMILES string of the molecule is C=C(OCC)C1(C(=O)OC(c2ccccc2)c2ccccc2)CS[C@@H]2C(N(C(C)=O)c3ccccc3)C(=O)N2C1. The zero-order valence-corrected chi connectivity index (χ0v) is 23.4. The van der Waals surface area contributed by atoms with Crippen molar-refractivity contribution in [3.05, 3.63) is 114 Å². The third-order valence-corrected chi connectivity index (χ3v) is 8.89. The Morgan fingerprint density at radius 3 is 2.08 bits per heavy atom. The van der Waals surface area contributed by atoms with Gasteiger partial charge in [-0.1, -0.05) is 85.4 Å². The molecule has 2 fully saturated rings. The lowest BCUT2D eigenvalue weighted by Gasteiger charge is -2.56. The van der Waals surface area contributed by atoms with E-state index in [1.165, 1.54) is 18.7 Å². The number of ether oxygens (including phenoxy) is 2. The minimum absolute atomic E-state index is 0.0640. The van der Waals surface area contributed by atoms with Gasteiger partial charge in [-0.05, 0) is 30.2 Å². The van der Waals surface area contributed by atoms with Crippen molar-refractivity contribution in [1.82, 2.24) is 4.90 Å². The van der Waals surface area contributed by atoms with Crippen molar-refractivity contribution in [2.45, 2.75) is 31.4 Å². The van der Waals surface area contributed by atoms with Crippen molar-refractivity contribution in [3.63, 3.8) is 0 Å². The molecule has 2 aliphatic heterocycles. The van der Waals surface area contributed by atoms with Gasteiger partial charge in [-0.2, -0.15) is 0 Å². The summed E-state index contributed by atoms with van der Waals surface area (Å²) in [5.41, 5.74) is 1.06. The molecule has 3 aromatic carbocycles. The Balaban J connectivity index is 1.43. The normalized spacial score (nSPS) is 21.7. The molecule has 3 atom stereocenters. The monoisotopic (exact) mass is 556 g/mol. The zero-order valence-electron chi connectivity index (χ0n) is 22.6. The molecule has 2 amide bonds. The van der Waals surface area contributed by atoms with E-state index in [0.717, 1.165) is 11.1 Å². The highest BCUT2D eigenvalue weighted by molar-refractivity contribution is 8.00. The van der Waals surface area contributed by atoms with E-state index in [-0.39, 0.29) is 29.5 Å². The third kappa shape index (κ3) is 4.99. The number of fused-ring (bicyclic) bond motifs is 1. The smallest absolute Gasteiger partial charge is 0.323 e. The number of para-hydroxylation sites is 1.